The molecule has 0 amide bonds. The molecule has 3 atom stereocenters. The Morgan fingerprint density at radius 2 is 2.08 bits per heavy atom. The van der Waals surface area contributed by atoms with E-state index in [0.717, 1.165) is 15.8 Å². The van der Waals surface area contributed by atoms with Gasteiger partial charge in [-0.3, -0.25) is 5.41 Å². The molecule has 1 nitrogen and oxygen atoms in total. The van der Waals surface area contributed by atoms with Crippen molar-refractivity contribution >= 4 is 45.0 Å². The Morgan fingerprint density at radius 3 is 2.76 bits per heavy atom. The average Bonchev–Trinajstić information content (AvgIpc) is 3.38. The van der Waals surface area contributed by atoms with E-state index in [2.05, 4.69) is 66.1 Å². The molecule has 1 aromatic carbocycles. The third-order valence-electron chi connectivity index (χ3n) is 6.25. The summed E-state index contributed by atoms with van der Waals surface area (Å²) in [5, 5.41) is 10.3. The number of nitrogens with one attached hydrogen (secondary N) is 1. The molecular weight excluding hydrogens is 437 g/mol. The zero-order valence-corrected chi connectivity index (χ0v) is 18.6. The van der Waals surface area contributed by atoms with Gasteiger partial charge in [0.2, 0.25) is 0 Å². The van der Waals surface area contributed by atoms with Crippen molar-refractivity contribution in [2.75, 3.05) is 0 Å². The van der Waals surface area contributed by atoms with E-state index in [-0.39, 0.29) is 0 Å². The Kier molecular flexibility index (Phi) is 6.36. The molecule has 0 radical (unpaired) electrons. The van der Waals surface area contributed by atoms with Crippen molar-refractivity contribution < 1.29 is 0 Å². The molecule has 136 valence electrons. The maximum absolute atomic E-state index is 7.58. The van der Waals surface area contributed by atoms with Crippen molar-refractivity contribution in [3.8, 4) is 0 Å². The number of benzene rings is 1. The Bertz CT molecular complexity index is 662. The topological polar surface area (TPSA) is 23.9 Å². The van der Waals surface area contributed by atoms with Crippen LogP contribution in [-0.4, -0.2) is 8.97 Å². The molecule has 0 heterocycles. The highest BCUT2D eigenvalue weighted by Crippen LogP contribution is 2.59. The van der Waals surface area contributed by atoms with E-state index in [1.54, 1.807) is 0 Å². The molecule has 2 aliphatic carbocycles. The first-order chi connectivity index (χ1) is 11.9. The van der Waals surface area contributed by atoms with Crippen LogP contribution in [0.1, 0.15) is 64.0 Å². The van der Waals surface area contributed by atoms with Crippen molar-refractivity contribution in [3.05, 3.63) is 40.8 Å². The van der Waals surface area contributed by atoms with Gasteiger partial charge in [0.15, 0.2) is 0 Å². The van der Waals surface area contributed by atoms with Gasteiger partial charge in [-0.05, 0) is 91.7 Å². The number of rotatable bonds is 4. The molecule has 1 aromatic rings. The predicted octanol–water partition coefficient (Wildman–Crippen LogP) is 7.34. The fraction of sp³-hybridized carbons (Fsp3) is 0.591. The first kappa shape index (κ1) is 19.5. The monoisotopic (exact) mass is 467 g/mol. The van der Waals surface area contributed by atoms with E-state index in [0.29, 0.717) is 10.5 Å². The molecule has 0 saturated heterocycles. The second-order valence-electron chi connectivity index (χ2n) is 8.22. The van der Waals surface area contributed by atoms with Crippen LogP contribution in [-0.2, 0) is 6.42 Å². The van der Waals surface area contributed by atoms with Crippen molar-refractivity contribution in [2.45, 2.75) is 63.2 Å². The summed E-state index contributed by atoms with van der Waals surface area (Å²) in [4.78, 5) is 0. The predicted molar refractivity (Wildman–Crippen MR) is 121 cm³/mol. The van der Waals surface area contributed by atoms with Crippen molar-refractivity contribution in [1.82, 2.24) is 0 Å². The molecule has 0 bridgehead atoms. The molecule has 0 aliphatic heterocycles. The second-order valence-corrected chi connectivity index (χ2v) is 10.8. The SMILES string of the molecule is CC(=N)S/C=C(\C)c1cccc(CC2CCC3(CC3)[C@H](I)CC2C)c1. The third kappa shape index (κ3) is 4.91. The fourth-order valence-electron chi connectivity index (χ4n) is 4.20. The Labute approximate surface area is 171 Å². The van der Waals surface area contributed by atoms with Gasteiger partial charge in [-0.15, -0.1) is 0 Å². The molecular formula is C22H30INS. The average molecular weight is 467 g/mol. The van der Waals surface area contributed by atoms with E-state index in [1.807, 2.05) is 6.92 Å². The van der Waals surface area contributed by atoms with Crippen LogP contribution in [0, 0.1) is 22.7 Å². The molecule has 2 unspecified atom stereocenters. The van der Waals surface area contributed by atoms with Crippen LogP contribution in [0.2, 0.25) is 0 Å². The summed E-state index contributed by atoms with van der Waals surface area (Å²) in [5.41, 5.74) is 4.76. The van der Waals surface area contributed by atoms with Crippen LogP contribution in [0.5, 0.6) is 0 Å². The summed E-state index contributed by atoms with van der Waals surface area (Å²) in [6.45, 7) is 6.47. The number of alkyl halides is 1. The highest BCUT2D eigenvalue weighted by molar-refractivity contribution is 14.1. The van der Waals surface area contributed by atoms with Crippen LogP contribution in [0.3, 0.4) is 0 Å². The first-order valence-corrected chi connectivity index (χ1v) is 11.6. The highest BCUT2D eigenvalue weighted by Gasteiger charge is 2.50. The van der Waals surface area contributed by atoms with E-state index >= 15 is 0 Å². The largest absolute Gasteiger partial charge is 0.298 e. The zero-order valence-electron chi connectivity index (χ0n) is 15.6. The van der Waals surface area contributed by atoms with E-state index in [4.69, 9.17) is 5.41 Å². The lowest BCUT2D eigenvalue weighted by Gasteiger charge is -2.22. The maximum atomic E-state index is 7.58. The minimum absolute atomic E-state index is 0.644. The third-order valence-corrected chi connectivity index (χ3v) is 8.90. The number of allylic oxidation sites excluding steroid dienone is 1. The maximum Gasteiger partial charge on any atom is 0.0652 e. The zero-order chi connectivity index (χ0) is 18.0. The summed E-state index contributed by atoms with van der Waals surface area (Å²) < 4.78 is 0.892. The quantitative estimate of drug-likeness (QED) is 0.213. The van der Waals surface area contributed by atoms with Crippen molar-refractivity contribution in [2.24, 2.45) is 17.3 Å². The van der Waals surface area contributed by atoms with Gasteiger partial charge >= 0.3 is 0 Å². The summed E-state index contributed by atoms with van der Waals surface area (Å²) in [6, 6.07) is 9.08. The van der Waals surface area contributed by atoms with Gasteiger partial charge in [-0.1, -0.05) is 65.5 Å². The lowest BCUT2D eigenvalue weighted by molar-refractivity contribution is 0.337. The minimum atomic E-state index is 0.644. The van der Waals surface area contributed by atoms with Crippen LogP contribution in [0.15, 0.2) is 29.7 Å². The van der Waals surface area contributed by atoms with Gasteiger partial charge in [-0.25, -0.2) is 0 Å². The molecule has 2 fully saturated rings. The number of thioether (sulfide) groups is 1. The van der Waals surface area contributed by atoms with Gasteiger partial charge in [0.05, 0.1) is 5.04 Å². The highest BCUT2D eigenvalue weighted by atomic mass is 127. The van der Waals surface area contributed by atoms with Gasteiger partial charge in [0.25, 0.3) is 0 Å². The van der Waals surface area contributed by atoms with Gasteiger partial charge in [0.1, 0.15) is 0 Å². The van der Waals surface area contributed by atoms with Crippen LogP contribution < -0.4 is 0 Å². The molecule has 3 heteroatoms. The molecule has 2 saturated carbocycles. The number of hydrogen-bond acceptors (Lipinski definition) is 2. The summed E-state index contributed by atoms with van der Waals surface area (Å²) >= 11 is 4.25. The van der Waals surface area contributed by atoms with Gasteiger partial charge in [-0.2, -0.15) is 0 Å². The Hall–Kier alpha value is -0.290. The standard InChI is InChI=1S/C22H30INS/c1-15-11-21(23)22(9-10-22)8-7-20(15)13-18-5-4-6-19(12-18)16(2)14-25-17(3)24/h4-6,12,14-15,20-21,24H,7-11,13H2,1-3H3/b16-14+,24-17?/t15?,20?,21-/m1/s1. The van der Waals surface area contributed by atoms with E-state index in [9.17, 15) is 0 Å². The van der Waals surface area contributed by atoms with Gasteiger partial charge < -0.3 is 0 Å². The van der Waals surface area contributed by atoms with E-state index < -0.39 is 0 Å². The minimum Gasteiger partial charge on any atom is -0.298 e. The summed E-state index contributed by atoms with van der Waals surface area (Å²) in [6.07, 6.45) is 8.43. The first-order valence-electron chi connectivity index (χ1n) is 9.51. The van der Waals surface area contributed by atoms with Crippen LogP contribution in [0.25, 0.3) is 5.57 Å². The smallest absolute Gasteiger partial charge is 0.0652 e. The molecule has 1 spiro atoms. The Balaban J connectivity index is 1.69. The lowest BCUT2D eigenvalue weighted by atomic mass is 9.84. The molecule has 2 aliphatic rings. The lowest BCUT2D eigenvalue weighted by Crippen LogP contribution is -2.17. The molecule has 0 aromatic heterocycles. The van der Waals surface area contributed by atoms with Gasteiger partial charge in [0, 0.05) is 3.92 Å². The molecule has 1 N–H and O–H groups in total. The summed E-state index contributed by atoms with van der Waals surface area (Å²) in [7, 11) is 0. The fourth-order valence-corrected chi connectivity index (χ4v) is 6.43. The number of hydrogen-bond donors (Lipinski definition) is 1. The van der Waals surface area contributed by atoms with Crippen molar-refractivity contribution in [3.63, 3.8) is 0 Å². The second kappa shape index (κ2) is 8.16. The van der Waals surface area contributed by atoms with E-state index in [1.165, 1.54) is 67.0 Å². The van der Waals surface area contributed by atoms with Crippen LogP contribution in [0.4, 0.5) is 0 Å². The van der Waals surface area contributed by atoms with Crippen LogP contribution >= 0.6 is 34.4 Å². The Morgan fingerprint density at radius 1 is 1.32 bits per heavy atom. The summed E-state index contributed by atoms with van der Waals surface area (Å²) in [5.74, 6) is 1.66. The molecule has 3 rings (SSSR count). The number of halogens is 1. The normalized spacial score (nSPS) is 28.6. The molecule has 25 heavy (non-hydrogen) atoms. The van der Waals surface area contributed by atoms with Crippen molar-refractivity contribution in [1.29, 1.82) is 5.41 Å².